The molecule has 1 amide bonds. The highest BCUT2D eigenvalue weighted by Crippen LogP contribution is 2.40. The number of halogens is 2. The van der Waals surface area contributed by atoms with Gasteiger partial charge >= 0.3 is 0 Å². The number of aryl methyl sites for hydroxylation is 1. The predicted octanol–water partition coefficient (Wildman–Crippen LogP) is 4.47. The number of hydrogen-bond acceptors (Lipinski definition) is 5. The summed E-state index contributed by atoms with van der Waals surface area (Å²) in [5.41, 5.74) is 4.74. The van der Waals surface area contributed by atoms with Crippen LogP contribution in [0.1, 0.15) is 35.5 Å². The van der Waals surface area contributed by atoms with Crippen molar-refractivity contribution in [2.45, 2.75) is 26.4 Å². The van der Waals surface area contributed by atoms with Crippen LogP contribution in [0.3, 0.4) is 0 Å². The van der Waals surface area contributed by atoms with Crippen molar-refractivity contribution in [3.05, 3.63) is 64.9 Å². The largest absolute Gasteiger partial charge is 0.386 e. The van der Waals surface area contributed by atoms with Gasteiger partial charge in [-0.1, -0.05) is 6.07 Å². The number of aromatic nitrogens is 1. The summed E-state index contributed by atoms with van der Waals surface area (Å²) in [5.74, 6) is -1.93. The molecule has 0 bridgehead atoms. The molecule has 2 aromatic heterocycles. The number of anilines is 2. The summed E-state index contributed by atoms with van der Waals surface area (Å²) in [6, 6.07) is 8.81. The van der Waals surface area contributed by atoms with E-state index in [1.54, 1.807) is 12.1 Å². The number of hydrogen-bond donors (Lipinski definition) is 3. The average Bonchev–Trinajstić information content (AvgIpc) is 2.97. The highest BCUT2D eigenvalue weighted by Gasteiger charge is 2.24. The number of nitrogens with two attached hydrogens (primary N) is 1. The van der Waals surface area contributed by atoms with Gasteiger partial charge < -0.3 is 16.2 Å². The number of aliphatic hydroxyl groups is 1. The molecule has 0 radical (unpaired) electrons. The molecule has 0 aliphatic rings. The Morgan fingerprint density at radius 3 is 2.39 bits per heavy atom. The number of thiophene rings is 1. The first-order chi connectivity index (χ1) is 13.1. The maximum Gasteiger partial charge on any atom is 0.251 e. The lowest BCUT2D eigenvalue weighted by molar-refractivity contribution is 0.0778. The molecule has 4 N–H and O–H groups in total. The average molecular weight is 403 g/mol. The van der Waals surface area contributed by atoms with Crippen molar-refractivity contribution < 1.29 is 18.7 Å². The molecule has 5 nitrogen and oxygen atoms in total. The number of nitrogens with zero attached hydrogens (tertiary/aromatic N) is 1. The van der Waals surface area contributed by atoms with Crippen molar-refractivity contribution in [1.29, 1.82) is 0 Å². The monoisotopic (exact) mass is 403 g/mol. The number of carbonyl (C=O) groups excluding carboxylic acids is 1. The second-order valence-corrected chi connectivity index (χ2v) is 7.93. The summed E-state index contributed by atoms with van der Waals surface area (Å²) in [6.07, 6.45) is 0. The standard InChI is InChI=1S/C20H19F2N3O2S/c1-10-5-4-6-16(24-10)25-19-12(18(23)26)9-15(28-19)17-13(21)7-11(8-14(17)22)20(2,3)27/h4-9,27H,1-3H3,(H2,23,26)(H,24,25). The van der Waals surface area contributed by atoms with E-state index in [9.17, 15) is 18.7 Å². The maximum absolute atomic E-state index is 14.7. The summed E-state index contributed by atoms with van der Waals surface area (Å²) in [5, 5.41) is 13.3. The van der Waals surface area contributed by atoms with E-state index >= 15 is 0 Å². The first kappa shape index (κ1) is 19.9. The van der Waals surface area contributed by atoms with Crippen LogP contribution in [-0.4, -0.2) is 16.0 Å². The molecule has 0 unspecified atom stereocenters. The Balaban J connectivity index is 2.08. The fourth-order valence-corrected chi connectivity index (χ4v) is 3.80. The van der Waals surface area contributed by atoms with E-state index < -0.39 is 23.1 Å². The quantitative estimate of drug-likeness (QED) is 0.587. The molecule has 146 valence electrons. The summed E-state index contributed by atoms with van der Waals surface area (Å²) in [7, 11) is 0. The Kier molecular flexibility index (Phi) is 5.18. The van der Waals surface area contributed by atoms with Crippen LogP contribution in [0.4, 0.5) is 19.6 Å². The molecular weight excluding hydrogens is 384 g/mol. The second-order valence-electron chi connectivity index (χ2n) is 6.88. The molecule has 8 heteroatoms. The minimum atomic E-state index is -1.39. The van der Waals surface area contributed by atoms with Gasteiger partial charge in [0.2, 0.25) is 0 Å². The van der Waals surface area contributed by atoms with Crippen LogP contribution in [0.25, 0.3) is 10.4 Å². The molecule has 0 saturated heterocycles. The van der Waals surface area contributed by atoms with Gasteiger partial charge in [0.1, 0.15) is 22.5 Å². The Hall–Kier alpha value is -2.84. The third-order valence-corrected chi connectivity index (χ3v) is 5.19. The lowest BCUT2D eigenvalue weighted by Crippen LogP contribution is -2.16. The predicted molar refractivity (Wildman–Crippen MR) is 106 cm³/mol. The van der Waals surface area contributed by atoms with Crippen molar-refractivity contribution in [2.75, 3.05) is 5.32 Å². The molecule has 0 atom stereocenters. The van der Waals surface area contributed by atoms with E-state index in [2.05, 4.69) is 10.3 Å². The summed E-state index contributed by atoms with van der Waals surface area (Å²) >= 11 is 0.989. The second kappa shape index (κ2) is 7.29. The molecule has 0 fully saturated rings. The molecule has 2 heterocycles. The number of rotatable bonds is 5. The Morgan fingerprint density at radius 2 is 1.86 bits per heavy atom. The van der Waals surface area contributed by atoms with E-state index in [4.69, 9.17) is 5.73 Å². The zero-order valence-corrected chi connectivity index (χ0v) is 16.3. The fraction of sp³-hybridized carbons (Fsp3) is 0.200. The minimum Gasteiger partial charge on any atom is -0.386 e. The van der Waals surface area contributed by atoms with Crippen molar-refractivity contribution in [1.82, 2.24) is 4.98 Å². The Labute approximate surface area is 164 Å². The van der Waals surface area contributed by atoms with Gasteiger partial charge in [-0.2, -0.15) is 0 Å². The van der Waals surface area contributed by atoms with Crippen molar-refractivity contribution >= 4 is 28.1 Å². The van der Waals surface area contributed by atoms with Gasteiger partial charge in [-0.05, 0) is 56.7 Å². The molecule has 3 aromatic rings. The van der Waals surface area contributed by atoms with Crippen molar-refractivity contribution in [3.8, 4) is 10.4 Å². The van der Waals surface area contributed by atoms with E-state index in [1.807, 2.05) is 13.0 Å². The molecule has 0 spiro atoms. The van der Waals surface area contributed by atoms with Crippen LogP contribution in [-0.2, 0) is 5.60 Å². The van der Waals surface area contributed by atoms with Crippen LogP contribution in [0.15, 0.2) is 36.4 Å². The number of carbonyl (C=O) groups is 1. The van der Waals surface area contributed by atoms with E-state index in [1.165, 1.54) is 19.9 Å². The smallest absolute Gasteiger partial charge is 0.251 e. The van der Waals surface area contributed by atoms with Gasteiger partial charge in [0.15, 0.2) is 0 Å². The van der Waals surface area contributed by atoms with Crippen LogP contribution < -0.4 is 11.1 Å². The number of nitrogens with one attached hydrogen (secondary N) is 1. The highest BCUT2D eigenvalue weighted by atomic mass is 32.1. The van der Waals surface area contributed by atoms with Crippen LogP contribution >= 0.6 is 11.3 Å². The minimum absolute atomic E-state index is 0.105. The zero-order valence-electron chi connectivity index (χ0n) is 15.5. The number of pyridine rings is 1. The van der Waals surface area contributed by atoms with Gasteiger partial charge in [-0.15, -0.1) is 11.3 Å². The summed E-state index contributed by atoms with van der Waals surface area (Å²) in [4.78, 5) is 16.3. The van der Waals surface area contributed by atoms with Gasteiger partial charge in [0.05, 0.1) is 16.7 Å². The third-order valence-electron chi connectivity index (χ3n) is 4.12. The molecule has 1 aromatic carbocycles. The molecular formula is C20H19F2N3O2S. The van der Waals surface area contributed by atoms with E-state index in [0.717, 1.165) is 29.2 Å². The van der Waals surface area contributed by atoms with Crippen LogP contribution in [0.5, 0.6) is 0 Å². The number of benzene rings is 1. The first-order valence-corrected chi connectivity index (χ1v) is 9.24. The Morgan fingerprint density at radius 1 is 1.21 bits per heavy atom. The van der Waals surface area contributed by atoms with Gasteiger partial charge in [-0.25, -0.2) is 13.8 Å². The summed E-state index contributed by atoms with van der Waals surface area (Å²) in [6.45, 7) is 4.69. The summed E-state index contributed by atoms with van der Waals surface area (Å²) < 4.78 is 29.3. The van der Waals surface area contributed by atoms with Gasteiger partial charge in [-0.3, -0.25) is 4.79 Å². The lowest BCUT2D eigenvalue weighted by atomic mass is 9.96. The first-order valence-electron chi connectivity index (χ1n) is 8.43. The lowest BCUT2D eigenvalue weighted by Gasteiger charge is -2.18. The van der Waals surface area contributed by atoms with Crippen LogP contribution in [0.2, 0.25) is 0 Å². The number of primary amides is 1. The van der Waals surface area contributed by atoms with Crippen molar-refractivity contribution in [2.24, 2.45) is 5.73 Å². The fourth-order valence-electron chi connectivity index (χ4n) is 2.68. The molecule has 0 aliphatic carbocycles. The van der Waals surface area contributed by atoms with E-state index in [0.29, 0.717) is 10.8 Å². The normalized spacial score (nSPS) is 11.5. The third kappa shape index (κ3) is 4.02. The maximum atomic E-state index is 14.7. The van der Waals surface area contributed by atoms with Crippen LogP contribution in [0, 0.1) is 18.6 Å². The number of amides is 1. The zero-order chi connectivity index (χ0) is 20.6. The van der Waals surface area contributed by atoms with Gasteiger partial charge in [0, 0.05) is 10.6 Å². The topological polar surface area (TPSA) is 88.2 Å². The Bertz CT molecular complexity index is 1030. The van der Waals surface area contributed by atoms with Gasteiger partial charge in [0.25, 0.3) is 5.91 Å². The molecule has 28 heavy (non-hydrogen) atoms. The molecule has 0 aliphatic heterocycles. The molecule has 3 rings (SSSR count). The van der Waals surface area contributed by atoms with Crippen molar-refractivity contribution in [3.63, 3.8) is 0 Å². The highest BCUT2D eigenvalue weighted by molar-refractivity contribution is 7.20. The SMILES string of the molecule is Cc1cccc(Nc2sc(-c3c(F)cc(C(C)(C)O)cc3F)cc2C(N)=O)n1. The van der Waals surface area contributed by atoms with E-state index in [-0.39, 0.29) is 21.6 Å². The molecule has 0 saturated carbocycles.